The van der Waals surface area contributed by atoms with Crippen LogP contribution in [0, 0.1) is 12.3 Å². The molecule has 1 aromatic rings. The van der Waals surface area contributed by atoms with Crippen LogP contribution in [-0.4, -0.2) is 26.4 Å². The second kappa shape index (κ2) is 5.83. The van der Waals surface area contributed by atoms with Crippen molar-refractivity contribution in [3.8, 4) is 5.75 Å². The van der Waals surface area contributed by atoms with Gasteiger partial charge in [0.15, 0.2) is 0 Å². The summed E-state index contributed by atoms with van der Waals surface area (Å²) in [5.41, 5.74) is 2.75. The Hall–Kier alpha value is -1.22. The Bertz CT molecular complexity index is 427. The first-order valence-electron chi connectivity index (χ1n) is 7.04. The number of methoxy groups -OCH3 is 1. The molecule has 0 amide bonds. The molecule has 1 aromatic carbocycles. The second-order valence-electron chi connectivity index (χ2n) is 5.86. The molecule has 1 N–H and O–H groups in total. The Morgan fingerprint density at radius 1 is 1.32 bits per heavy atom. The first kappa shape index (κ1) is 14.2. The Kier molecular flexibility index (Phi) is 4.35. The van der Waals surface area contributed by atoms with Crippen molar-refractivity contribution in [3.05, 3.63) is 23.8 Å². The smallest absolute Gasteiger partial charge is 0.142 e. The van der Waals surface area contributed by atoms with E-state index >= 15 is 0 Å². The molecule has 0 aromatic heterocycles. The predicted octanol–water partition coefficient (Wildman–Crippen LogP) is 3.62. The molecule has 0 bridgehead atoms. The fourth-order valence-electron chi connectivity index (χ4n) is 2.14. The second-order valence-corrected chi connectivity index (χ2v) is 5.86. The number of rotatable bonds is 7. The first-order chi connectivity index (χ1) is 9.05. The van der Waals surface area contributed by atoms with E-state index in [0.29, 0.717) is 24.7 Å². The van der Waals surface area contributed by atoms with Crippen LogP contribution in [0.5, 0.6) is 5.75 Å². The van der Waals surface area contributed by atoms with Gasteiger partial charge in [0, 0.05) is 13.2 Å². The fraction of sp³-hybridized carbons (Fsp3) is 0.625. The van der Waals surface area contributed by atoms with E-state index in [0.717, 1.165) is 11.4 Å². The zero-order chi connectivity index (χ0) is 13.9. The van der Waals surface area contributed by atoms with Crippen LogP contribution in [0.25, 0.3) is 0 Å². The van der Waals surface area contributed by atoms with Gasteiger partial charge in [0.25, 0.3) is 0 Å². The normalized spacial score (nSPS) is 17.9. The molecule has 1 atom stereocenters. The average Bonchev–Trinajstić information content (AvgIpc) is 3.12. The molecule has 2 rings (SSSR count). The van der Waals surface area contributed by atoms with Crippen molar-refractivity contribution in [1.29, 1.82) is 0 Å². The third-order valence-electron chi connectivity index (χ3n) is 4.14. The number of hydrogen-bond acceptors (Lipinski definition) is 3. The van der Waals surface area contributed by atoms with Crippen LogP contribution in [0.15, 0.2) is 18.2 Å². The van der Waals surface area contributed by atoms with E-state index in [1.54, 1.807) is 7.11 Å². The topological polar surface area (TPSA) is 30.5 Å². The van der Waals surface area contributed by atoms with Gasteiger partial charge in [-0.3, -0.25) is 0 Å². The number of anilines is 1. The maximum absolute atomic E-state index is 5.80. The highest BCUT2D eigenvalue weighted by Gasteiger charge is 2.42. The summed E-state index contributed by atoms with van der Waals surface area (Å²) in [6, 6.07) is 6.78. The lowest BCUT2D eigenvalue weighted by Crippen LogP contribution is -2.25. The van der Waals surface area contributed by atoms with Crippen molar-refractivity contribution in [3.63, 3.8) is 0 Å². The summed E-state index contributed by atoms with van der Waals surface area (Å²) in [4.78, 5) is 0. The molecule has 0 saturated heterocycles. The Labute approximate surface area is 116 Å². The van der Waals surface area contributed by atoms with Gasteiger partial charge in [-0.2, -0.15) is 0 Å². The van der Waals surface area contributed by atoms with E-state index in [4.69, 9.17) is 9.47 Å². The van der Waals surface area contributed by atoms with Gasteiger partial charge in [-0.1, -0.05) is 13.0 Å². The molecule has 0 spiro atoms. The minimum Gasteiger partial charge on any atom is -0.489 e. The van der Waals surface area contributed by atoms with Crippen LogP contribution >= 0.6 is 0 Å². The number of nitrogens with one attached hydrogen (secondary N) is 1. The summed E-state index contributed by atoms with van der Waals surface area (Å²) in [5.74, 6) is 0.924. The zero-order valence-corrected chi connectivity index (χ0v) is 12.5. The van der Waals surface area contributed by atoms with Gasteiger partial charge in [0.05, 0.1) is 12.3 Å². The molecule has 0 heterocycles. The Balaban J connectivity index is 2.05. The number of hydrogen-bond donors (Lipinski definition) is 1. The SMILES string of the molecule is COCCOc1cc(C)ccc1NC(C)C1(C)CC1. The minimum atomic E-state index is 0.453. The zero-order valence-electron chi connectivity index (χ0n) is 12.5. The summed E-state index contributed by atoms with van der Waals surface area (Å²) in [6.07, 6.45) is 2.62. The largest absolute Gasteiger partial charge is 0.489 e. The van der Waals surface area contributed by atoms with E-state index in [9.17, 15) is 0 Å². The van der Waals surface area contributed by atoms with E-state index in [-0.39, 0.29) is 0 Å². The highest BCUT2D eigenvalue weighted by molar-refractivity contribution is 5.58. The van der Waals surface area contributed by atoms with E-state index in [1.165, 1.54) is 18.4 Å². The van der Waals surface area contributed by atoms with Crippen molar-refractivity contribution >= 4 is 5.69 Å². The highest BCUT2D eigenvalue weighted by Crippen LogP contribution is 2.49. The number of ether oxygens (including phenoxy) is 2. The molecular weight excluding hydrogens is 238 g/mol. The van der Waals surface area contributed by atoms with Gasteiger partial charge in [0.1, 0.15) is 12.4 Å². The monoisotopic (exact) mass is 263 g/mol. The summed E-state index contributed by atoms with van der Waals surface area (Å²) in [7, 11) is 1.69. The van der Waals surface area contributed by atoms with Crippen LogP contribution in [0.4, 0.5) is 5.69 Å². The molecular formula is C16H25NO2. The standard InChI is InChI=1S/C16H25NO2/c1-12-5-6-14(15(11-12)19-10-9-18-4)17-13(2)16(3)7-8-16/h5-6,11,13,17H,7-10H2,1-4H3. The van der Waals surface area contributed by atoms with Crippen molar-refractivity contribution in [2.24, 2.45) is 5.41 Å². The summed E-state index contributed by atoms with van der Waals surface area (Å²) in [6.45, 7) is 7.87. The third-order valence-corrected chi connectivity index (χ3v) is 4.14. The van der Waals surface area contributed by atoms with E-state index < -0.39 is 0 Å². The lowest BCUT2D eigenvalue weighted by molar-refractivity contribution is 0.146. The number of benzene rings is 1. The average molecular weight is 263 g/mol. The van der Waals surface area contributed by atoms with Crippen LogP contribution in [0.2, 0.25) is 0 Å². The van der Waals surface area contributed by atoms with Crippen LogP contribution in [-0.2, 0) is 4.74 Å². The van der Waals surface area contributed by atoms with Gasteiger partial charge < -0.3 is 14.8 Å². The highest BCUT2D eigenvalue weighted by atomic mass is 16.5. The molecule has 0 aliphatic heterocycles. The molecule has 1 fully saturated rings. The van der Waals surface area contributed by atoms with Crippen molar-refractivity contribution < 1.29 is 9.47 Å². The van der Waals surface area contributed by atoms with Gasteiger partial charge in [-0.15, -0.1) is 0 Å². The van der Waals surface area contributed by atoms with Gasteiger partial charge in [-0.05, 0) is 49.8 Å². The fourth-order valence-corrected chi connectivity index (χ4v) is 2.14. The van der Waals surface area contributed by atoms with Crippen LogP contribution in [0.1, 0.15) is 32.3 Å². The Morgan fingerprint density at radius 3 is 2.68 bits per heavy atom. The first-order valence-corrected chi connectivity index (χ1v) is 7.04. The molecule has 19 heavy (non-hydrogen) atoms. The summed E-state index contributed by atoms with van der Waals surface area (Å²) < 4.78 is 10.8. The predicted molar refractivity (Wildman–Crippen MR) is 79.0 cm³/mol. The molecule has 1 unspecified atom stereocenters. The third kappa shape index (κ3) is 3.63. The molecule has 0 radical (unpaired) electrons. The van der Waals surface area contributed by atoms with Crippen molar-refractivity contribution in [2.45, 2.75) is 39.7 Å². The maximum Gasteiger partial charge on any atom is 0.142 e. The quantitative estimate of drug-likeness (QED) is 0.762. The van der Waals surface area contributed by atoms with E-state index in [1.807, 2.05) is 0 Å². The minimum absolute atomic E-state index is 0.453. The van der Waals surface area contributed by atoms with Gasteiger partial charge in [0.2, 0.25) is 0 Å². The van der Waals surface area contributed by atoms with Gasteiger partial charge in [-0.25, -0.2) is 0 Å². The van der Waals surface area contributed by atoms with Crippen molar-refractivity contribution in [1.82, 2.24) is 0 Å². The van der Waals surface area contributed by atoms with Crippen molar-refractivity contribution in [2.75, 3.05) is 25.6 Å². The molecule has 1 aliphatic carbocycles. The number of aryl methyl sites for hydroxylation is 1. The molecule has 3 nitrogen and oxygen atoms in total. The summed E-state index contributed by atoms with van der Waals surface area (Å²) >= 11 is 0. The van der Waals surface area contributed by atoms with Gasteiger partial charge >= 0.3 is 0 Å². The molecule has 106 valence electrons. The molecule has 1 aliphatic rings. The molecule has 1 saturated carbocycles. The Morgan fingerprint density at radius 2 is 2.05 bits per heavy atom. The van der Waals surface area contributed by atoms with Crippen LogP contribution in [0.3, 0.4) is 0 Å². The maximum atomic E-state index is 5.80. The lowest BCUT2D eigenvalue weighted by Gasteiger charge is -2.23. The van der Waals surface area contributed by atoms with E-state index in [2.05, 4.69) is 44.3 Å². The molecule has 3 heteroatoms. The lowest BCUT2D eigenvalue weighted by atomic mass is 10.0. The summed E-state index contributed by atoms with van der Waals surface area (Å²) in [5, 5.41) is 3.60. The van der Waals surface area contributed by atoms with Crippen LogP contribution < -0.4 is 10.1 Å².